The van der Waals surface area contributed by atoms with Crippen LogP contribution in [0.3, 0.4) is 0 Å². The van der Waals surface area contributed by atoms with E-state index in [1.165, 1.54) is 0 Å². The Labute approximate surface area is 82.0 Å². The summed E-state index contributed by atoms with van der Waals surface area (Å²) in [6.07, 6.45) is 1.16. The number of hydrogen-bond donors (Lipinski definition) is 4. The molecule has 0 bridgehead atoms. The molecule has 1 rings (SSSR count). The molecule has 0 spiro atoms. The maximum Gasteiger partial charge on any atom is 0.245 e. The summed E-state index contributed by atoms with van der Waals surface area (Å²) < 4.78 is 0. The first-order valence-corrected chi connectivity index (χ1v) is 4.50. The van der Waals surface area contributed by atoms with Crippen LogP contribution in [-0.4, -0.2) is 36.2 Å². The van der Waals surface area contributed by atoms with Gasteiger partial charge in [-0.1, -0.05) is 0 Å². The Kier molecular flexibility index (Phi) is 3.43. The van der Waals surface area contributed by atoms with Gasteiger partial charge in [0, 0.05) is 24.9 Å². The lowest BCUT2D eigenvalue weighted by Crippen LogP contribution is -2.57. The first kappa shape index (κ1) is 10.9. The molecule has 14 heavy (non-hydrogen) atoms. The van der Waals surface area contributed by atoms with E-state index in [9.17, 15) is 9.59 Å². The van der Waals surface area contributed by atoms with E-state index in [0.717, 1.165) is 0 Å². The van der Waals surface area contributed by atoms with Crippen LogP contribution in [0.25, 0.3) is 0 Å². The van der Waals surface area contributed by atoms with Crippen LogP contribution in [0.1, 0.15) is 19.3 Å². The molecule has 0 aromatic rings. The van der Waals surface area contributed by atoms with Crippen molar-refractivity contribution >= 4 is 11.8 Å². The molecule has 0 radical (unpaired) electrons. The molecule has 1 unspecified atom stereocenters. The van der Waals surface area contributed by atoms with Gasteiger partial charge in [-0.05, 0) is 13.5 Å². The Morgan fingerprint density at radius 1 is 1.71 bits per heavy atom. The van der Waals surface area contributed by atoms with Crippen LogP contribution >= 0.6 is 0 Å². The standard InChI is InChI=1S/C8H15N3O3/c1-9-8(4-7(13)11-14)3-2-6(12)10-5-8/h9,14H,2-5H2,1H3,(H,10,12)(H,11,13). The van der Waals surface area contributed by atoms with Gasteiger partial charge in [0.15, 0.2) is 0 Å². The third-order valence-corrected chi connectivity index (χ3v) is 2.61. The molecule has 1 aliphatic heterocycles. The molecule has 1 aliphatic rings. The zero-order chi connectivity index (χ0) is 10.6. The Bertz CT molecular complexity index is 232. The van der Waals surface area contributed by atoms with E-state index in [2.05, 4.69) is 10.6 Å². The van der Waals surface area contributed by atoms with Gasteiger partial charge in [0.2, 0.25) is 11.8 Å². The number of hydrogen-bond acceptors (Lipinski definition) is 4. The van der Waals surface area contributed by atoms with Crippen LogP contribution < -0.4 is 16.1 Å². The second kappa shape index (κ2) is 4.39. The Hall–Kier alpha value is -1.14. The van der Waals surface area contributed by atoms with Crippen molar-refractivity contribution in [3.63, 3.8) is 0 Å². The van der Waals surface area contributed by atoms with Gasteiger partial charge < -0.3 is 10.6 Å². The van der Waals surface area contributed by atoms with Gasteiger partial charge >= 0.3 is 0 Å². The van der Waals surface area contributed by atoms with Gasteiger partial charge in [-0.25, -0.2) is 5.48 Å². The Morgan fingerprint density at radius 3 is 2.86 bits per heavy atom. The number of rotatable bonds is 3. The summed E-state index contributed by atoms with van der Waals surface area (Å²) in [6.45, 7) is 0.412. The van der Waals surface area contributed by atoms with E-state index in [1.54, 1.807) is 12.5 Å². The third-order valence-electron chi connectivity index (χ3n) is 2.61. The number of carbonyl (C=O) groups is 2. The number of amides is 2. The SMILES string of the molecule is CNC1(CC(=O)NO)CCC(=O)NC1. The number of piperidine rings is 1. The quantitative estimate of drug-likeness (QED) is 0.339. The molecule has 0 aliphatic carbocycles. The van der Waals surface area contributed by atoms with Crippen LogP contribution in [-0.2, 0) is 9.59 Å². The third kappa shape index (κ3) is 2.43. The number of hydroxylamine groups is 1. The summed E-state index contributed by atoms with van der Waals surface area (Å²) in [4.78, 5) is 21.9. The number of nitrogens with one attached hydrogen (secondary N) is 3. The molecule has 0 aromatic carbocycles. The molecule has 0 saturated carbocycles. The van der Waals surface area contributed by atoms with Crippen molar-refractivity contribution in [3.8, 4) is 0 Å². The largest absolute Gasteiger partial charge is 0.354 e. The molecular formula is C8H15N3O3. The molecule has 1 heterocycles. The van der Waals surface area contributed by atoms with Crippen LogP contribution in [0.2, 0.25) is 0 Å². The van der Waals surface area contributed by atoms with Crippen LogP contribution in [0, 0.1) is 0 Å². The Balaban J connectivity index is 2.58. The van der Waals surface area contributed by atoms with Gasteiger partial charge in [-0.2, -0.15) is 0 Å². The van der Waals surface area contributed by atoms with Crippen molar-refractivity contribution < 1.29 is 14.8 Å². The number of carbonyl (C=O) groups excluding carboxylic acids is 2. The van der Waals surface area contributed by atoms with Crippen molar-refractivity contribution in [2.24, 2.45) is 0 Å². The van der Waals surface area contributed by atoms with Crippen LogP contribution in [0.4, 0.5) is 0 Å². The van der Waals surface area contributed by atoms with E-state index < -0.39 is 11.4 Å². The van der Waals surface area contributed by atoms with E-state index in [-0.39, 0.29) is 12.3 Å². The summed E-state index contributed by atoms with van der Waals surface area (Å²) >= 11 is 0. The molecule has 6 nitrogen and oxygen atoms in total. The highest BCUT2D eigenvalue weighted by atomic mass is 16.5. The average Bonchev–Trinajstić information content (AvgIpc) is 2.22. The molecule has 2 amide bonds. The minimum atomic E-state index is -0.449. The van der Waals surface area contributed by atoms with E-state index >= 15 is 0 Å². The Morgan fingerprint density at radius 2 is 2.43 bits per heavy atom. The average molecular weight is 201 g/mol. The second-order valence-corrected chi connectivity index (χ2v) is 3.52. The van der Waals surface area contributed by atoms with E-state index in [1.807, 2.05) is 0 Å². The molecule has 80 valence electrons. The van der Waals surface area contributed by atoms with Crippen LogP contribution in [0.5, 0.6) is 0 Å². The fraction of sp³-hybridized carbons (Fsp3) is 0.750. The molecule has 1 atom stereocenters. The van der Waals surface area contributed by atoms with Crippen molar-refractivity contribution in [3.05, 3.63) is 0 Å². The van der Waals surface area contributed by atoms with Crippen molar-refractivity contribution in [1.29, 1.82) is 0 Å². The zero-order valence-electron chi connectivity index (χ0n) is 8.09. The first-order chi connectivity index (χ1) is 6.62. The maximum absolute atomic E-state index is 11.0. The van der Waals surface area contributed by atoms with E-state index in [0.29, 0.717) is 19.4 Å². The fourth-order valence-corrected chi connectivity index (χ4v) is 1.60. The van der Waals surface area contributed by atoms with Crippen molar-refractivity contribution in [1.82, 2.24) is 16.1 Å². The summed E-state index contributed by atoms with van der Waals surface area (Å²) in [5.41, 5.74) is 1.16. The van der Waals surface area contributed by atoms with Gasteiger partial charge in [-0.3, -0.25) is 14.8 Å². The zero-order valence-corrected chi connectivity index (χ0v) is 8.09. The van der Waals surface area contributed by atoms with Crippen LogP contribution in [0.15, 0.2) is 0 Å². The summed E-state index contributed by atoms with van der Waals surface area (Å²) in [5, 5.41) is 14.1. The maximum atomic E-state index is 11.0. The first-order valence-electron chi connectivity index (χ1n) is 4.50. The highest BCUT2D eigenvalue weighted by Gasteiger charge is 2.35. The van der Waals surface area contributed by atoms with E-state index in [4.69, 9.17) is 5.21 Å². The molecule has 1 fully saturated rings. The highest BCUT2D eigenvalue weighted by molar-refractivity contribution is 5.79. The lowest BCUT2D eigenvalue weighted by Gasteiger charge is -2.36. The molecule has 1 saturated heterocycles. The lowest BCUT2D eigenvalue weighted by molar-refractivity contribution is -0.132. The summed E-state index contributed by atoms with van der Waals surface area (Å²) in [7, 11) is 1.74. The monoisotopic (exact) mass is 201 g/mol. The van der Waals surface area contributed by atoms with Gasteiger partial charge in [0.25, 0.3) is 0 Å². The lowest BCUT2D eigenvalue weighted by atomic mass is 9.86. The minimum absolute atomic E-state index is 0.000261. The second-order valence-electron chi connectivity index (χ2n) is 3.52. The summed E-state index contributed by atoms with van der Waals surface area (Å²) in [6, 6.07) is 0. The smallest absolute Gasteiger partial charge is 0.245 e. The normalized spacial score (nSPS) is 26.9. The highest BCUT2D eigenvalue weighted by Crippen LogP contribution is 2.19. The summed E-state index contributed by atoms with van der Waals surface area (Å²) in [5.74, 6) is -0.448. The molecule has 0 aromatic heterocycles. The molecule has 6 heteroatoms. The van der Waals surface area contributed by atoms with Gasteiger partial charge in [-0.15, -0.1) is 0 Å². The predicted octanol–water partition coefficient (Wildman–Crippen LogP) is -1.25. The minimum Gasteiger partial charge on any atom is -0.354 e. The predicted molar refractivity (Wildman–Crippen MR) is 48.6 cm³/mol. The molecule has 4 N–H and O–H groups in total. The van der Waals surface area contributed by atoms with Gasteiger partial charge in [0.05, 0.1) is 0 Å². The number of likely N-dealkylation sites (N-methyl/N-ethyl adjacent to an activating group) is 1. The van der Waals surface area contributed by atoms with Crippen molar-refractivity contribution in [2.75, 3.05) is 13.6 Å². The van der Waals surface area contributed by atoms with Crippen molar-refractivity contribution in [2.45, 2.75) is 24.8 Å². The molecular weight excluding hydrogens is 186 g/mol. The fourth-order valence-electron chi connectivity index (χ4n) is 1.60. The topological polar surface area (TPSA) is 90.5 Å². The van der Waals surface area contributed by atoms with Gasteiger partial charge in [0.1, 0.15) is 0 Å².